The summed E-state index contributed by atoms with van der Waals surface area (Å²) < 4.78 is 7.24. The Morgan fingerprint density at radius 1 is 1.38 bits per heavy atom. The summed E-state index contributed by atoms with van der Waals surface area (Å²) in [5.41, 5.74) is 0.363. The zero-order valence-corrected chi connectivity index (χ0v) is 14.8. The minimum absolute atomic E-state index is 0.0176. The molecule has 2 heterocycles. The number of halogens is 1. The van der Waals surface area contributed by atoms with Crippen LogP contribution in [0.3, 0.4) is 0 Å². The zero-order valence-electron chi connectivity index (χ0n) is 13.2. The number of benzene rings is 1. The molecule has 1 N–H and O–H groups in total. The average molecular weight is 418 g/mol. The highest BCUT2D eigenvalue weighted by atomic mass is 79.9. The van der Waals surface area contributed by atoms with E-state index in [-0.39, 0.29) is 28.4 Å². The Hall–Kier alpha value is -3.20. The molecule has 0 aliphatic heterocycles. The van der Waals surface area contributed by atoms with E-state index in [2.05, 4.69) is 21.0 Å². The molecule has 0 bridgehead atoms. The van der Waals surface area contributed by atoms with Gasteiger partial charge < -0.3 is 19.6 Å². The SMILES string of the molecule is O=C(/C=C/c1ccc(Cn2cc(Br)c([N+](=O)[O-])n2)o1)c1cccc(O)c1. The Morgan fingerprint density at radius 3 is 2.88 bits per heavy atom. The van der Waals surface area contributed by atoms with Crippen molar-refractivity contribution in [2.45, 2.75) is 6.54 Å². The van der Waals surface area contributed by atoms with Crippen molar-refractivity contribution in [3.63, 3.8) is 0 Å². The first-order valence-corrected chi connectivity index (χ1v) is 8.19. The number of aromatic nitrogens is 2. The number of hydrogen-bond acceptors (Lipinski definition) is 6. The van der Waals surface area contributed by atoms with Gasteiger partial charge >= 0.3 is 5.82 Å². The molecule has 0 radical (unpaired) electrons. The van der Waals surface area contributed by atoms with Crippen molar-refractivity contribution in [2.75, 3.05) is 0 Å². The molecule has 0 saturated carbocycles. The summed E-state index contributed by atoms with van der Waals surface area (Å²) in [6.07, 6.45) is 4.34. The van der Waals surface area contributed by atoms with Gasteiger partial charge in [-0.25, -0.2) is 0 Å². The van der Waals surface area contributed by atoms with Crippen LogP contribution in [-0.2, 0) is 6.54 Å². The summed E-state index contributed by atoms with van der Waals surface area (Å²) in [6.45, 7) is 0.209. The van der Waals surface area contributed by atoms with Crippen molar-refractivity contribution in [2.24, 2.45) is 0 Å². The van der Waals surface area contributed by atoms with E-state index >= 15 is 0 Å². The molecule has 2 aromatic heterocycles. The van der Waals surface area contributed by atoms with Crippen LogP contribution in [0.2, 0.25) is 0 Å². The van der Waals surface area contributed by atoms with Crippen molar-refractivity contribution in [3.05, 3.63) is 80.3 Å². The quantitative estimate of drug-likeness (QED) is 0.282. The average Bonchev–Trinajstić information content (AvgIpc) is 3.19. The van der Waals surface area contributed by atoms with Gasteiger partial charge in [-0.2, -0.15) is 4.68 Å². The predicted octanol–water partition coefficient (Wildman–Crippen LogP) is 3.80. The van der Waals surface area contributed by atoms with Gasteiger partial charge in [-0.1, -0.05) is 12.1 Å². The molecule has 0 amide bonds. The topological polar surface area (TPSA) is 111 Å². The first kappa shape index (κ1) is 17.6. The summed E-state index contributed by atoms with van der Waals surface area (Å²) in [7, 11) is 0. The fourth-order valence-corrected chi connectivity index (χ4v) is 2.69. The van der Waals surface area contributed by atoms with Crippen LogP contribution in [0, 0.1) is 10.1 Å². The highest BCUT2D eigenvalue weighted by Gasteiger charge is 2.19. The minimum Gasteiger partial charge on any atom is -0.508 e. The molecule has 0 fully saturated rings. The lowest BCUT2D eigenvalue weighted by molar-refractivity contribution is -0.390. The van der Waals surface area contributed by atoms with Gasteiger partial charge in [0.1, 0.15) is 28.3 Å². The Balaban J connectivity index is 1.69. The molecule has 0 atom stereocenters. The maximum atomic E-state index is 12.0. The first-order valence-electron chi connectivity index (χ1n) is 7.40. The number of ketones is 1. The van der Waals surface area contributed by atoms with Crippen LogP contribution in [0.5, 0.6) is 5.75 Å². The number of carbonyl (C=O) groups excluding carboxylic acids is 1. The maximum Gasteiger partial charge on any atom is 0.404 e. The number of phenols is 1. The van der Waals surface area contributed by atoms with Crippen LogP contribution in [0.15, 0.2) is 57.6 Å². The van der Waals surface area contributed by atoms with Gasteiger partial charge in [0.15, 0.2) is 5.78 Å². The summed E-state index contributed by atoms with van der Waals surface area (Å²) in [4.78, 5) is 22.3. The van der Waals surface area contributed by atoms with E-state index in [1.807, 2.05) is 0 Å². The second kappa shape index (κ2) is 7.36. The van der Waals surface area contributed by atoms with E-state index in [1.165, 1.54) is 35.2 Å². The van der Waals surface area contributed by atoms with Crippen LogP contribution >= 0.6 is 15.9 Å². The standard InChI is InChI=1S/C17H12BrN3O5/c18-15-10-20(19-17(15)21(24)25)9-14-5-4-13(26-14)6-7-16(23)11-2-1-3-12(22)8-11/h1-8,10,22H,9H2/b7-6+. The van der Waals surface area contributed by atoms with Crippen LogP contribution < -0.4 is 0 Å². The van der Waals surface area contributed by atoms with Crippen molar-refractivity contribution in [3.8, 4) is 5.75 Å². The van der Waals surface area contributed by atoms with Crippen molar-refractivity contribution in [1.29, 1.82) is 0 Å². The molecule has 0 spiro atoms. The lowest BCUT2D eigenvalue weighted by Crippen LogP contribution is -2.00. The van der Waals surface area contributed by atoms with Crippen LogP contribution in [0.1, 0.15) is 21.9 Å². The van der Waals surface area contributed by atoms with Gasteiger partial charge in [0.25, 0.3) is 0 Å². The van der Waals surface area contributed by atoms with Crippen molar-refractivity contribution < 1.29 is 19.2 Å². The molecule has 3 aromatic rings. The highest BCUT2D eigenvalue weighted by Crippen LogP contribution is 2.23. The summed E-state index contributed by atoms with van der Waals surface area (Å²) in [5.74, 6) is 0.455. The number of carbonyl (C=O) groups is 1. The third kappa shape index (κ3) is 4.06. The van der Waals surface area contributed by atoms with Gasteiger partial charge in [0.2, 0.25) is 0 Å². The third-order valence-electron chi connectivity index (χ3n) is 3.40. The normalized spacial score (nSPS) is 11.1. The molecule has 1 aromatic carbocycles. The van der Waals surface area contributed by atoms with Crippen LogP contribution in [0.25, 0.3) is 6.08 Å². The zero-order chi connectivity index (χ0) is 18.7. The molecule has 9 heteroatoms. The van der Waals surface area contributed by atoms with Crippen LogP contribution in [-0.4, -0.2) is 25.6 Å². The van der Waals surface area contributed by atoms with E-state index in [9.17, 15) is 20.0 Å². The number of nitro groups is 1. The Morgan fingerprint density at radius 2 is 2.19 bits per heavy atom. The van der Waals surface area contributed by atoms with E-state index in [0.29, 0.717) is 17.1 Å². The maximum absolute atomic E-state index is 12.0. The predicted molar refractivity (Wildman–Crippen MR) is 95.9 cm³/mol. The monoisotopic (exact) mass is 417 g/mol. The van der Waals surface area contributed by atoms with Crippen LogP contribution in [0.4, 0.5) is 5.82 Å². The summed E-state index contributed by atoms with van der Waals surface area (Å²) in [6, 6.07) is 9.42. The smallest absolute Gasteiger partial charge is 0.404 e. The van der Waals surface area contributed by atoms with Gasteiger partial charge in [0.05, 0.1) is 11.3 Å². The molecule has 0 saturated heterocycles. The minimum atomic E-state index is -0.579. The number of furan rings is 1. The van der Waals surface area contributed by atoms with Gasteiger partial charge in [-0.05, 0) is 57.3 Å². The number of hydrogen-bond donors (Lipinski definition) is 1. The molecular formula is C17H12BrN3O5. The van der Waals surface area contributed by atoms with E-state index in [0.717, 1.165) is 0 Å². The number of phenolic OH excluding ortho intramolecular Hbond substituents is 1. The number of nitrogens with zero attached hydrogens (tertiary/aromatic N) is 3. The second-order valence-corrected chi connectivity index (χ2v) is 6.16. The highest BCUT2D eigenvalue weighted by molar-refractivity contribution is 9.10. The van der Waals surface area contributed by atoms with Crippen molar-refractivity contribution >= 4 is 33.6 Å². The van der Waals surface area contributed by atoms with Crippen molar-refractivity contribution in [1.82, 2.24) is 9.78 Å². The molecule has 26 heavy (non-hydrogen) atoms. The molecular weight excluding hydrogens is 406 g/mol. The fourth-order valence-electron chi connectivity index (χ4n) is 2.23. The Bertz CT molecular complexity index is 1010. The van der Waals surface area contributed by atoms with Gasteiger partial charge in [-0.3, -0.25) is 4.79 Å². The van der Waals surface area contributed by atoms with E-state index < -0.39 is 4.92 Å². The Kier molecular flexibility index (Phi) is 4.99. The summed E-state index contributed by atoms with van der Waals surface area (Å²) in [5, 5.41) is 24.0. The number of allylic oxidation sites excluding steroid dienone is 1. The molecule has 3 rings (SSSR count). The third-order valence-corrected chi connectivity index (χ3v) is 3.96. The molecule has 0 aliphatic carbocycles. The lowest BCUT2D eigenvalue weighted by atomic mass is 10.1. The Labute approximate surface area is 155 Å². The number of aromatic hydroxyl groups is 1. The number of rotatable bonds is 6. The summed E-state index contributed by atoms with van der Waals surface area (Å²) >= 11 is 3.08. The van der Waals surface area contributed by atoms with E-state index in [1.54, 1.807) is 24.3 Å². The van der Waals surface area contributed by atoms with E-state index in [4.69, 9.17) is 4.42 Å². The second-order valence-electron chi connectivity index (χ2n) is 5.31. The largest absolute Gasteiger partial charge is 0.508 e. The van der Waals surface area contributed by atoms with Gasteiger partial charge in [-0.15, -0.1) is 0 Å². The molecule has 0 aliphatic rings. The molecule has 132 valence electrons. The molecule has 8 nitrogen and oxygen atoms in total. The lowest BCUT2D eigenvalue weighted by Gasteiger charge is -1.96. The fraction of sp³-hybridized carbons (Fsp3) is 0.0588. The van der Waals surface area contributed by atoms with Gasteiger partial charge in [0, 0.05) is 5.56 Å². The molecule has 0 unspecified atom stereocenters. The first-order chi connectivity index (χ1) is 12.4.